The van der Waals surface area contributed by atoms with Gasteiger partial charge in [0, 0.05) is 15.4 Å². The Morgan fingerprint density at radius 1 is 1.35 bits per heavy atom. The summed E-state index contributed by atoms with van der Waals surface area (Å²) < 4.78 is 1.03. The SMILES string of the molecule is O=c1[nH]c(-c2cc(Br)cs2)nc2c1CCCC2. The quantitative estimate of drug-likeness (QED) is 0.879. The summed E-state index contributed by atoms with van der Waals surface area (Å²) in [4.78, 5) is 20.4. The Bertz CT molecular complexity index is 617. The van der Waals surface area contributed by atoms with Crippen LogP contribution < -0.4 is 5.56 Å². The van der Waals surface area contributed by atoms with E-state index in [1.165, 1.54) is 0 Å². The van der Waals surface area contributed by atoms with Crippen LogP contribution in [0.3, 0.4) is 0 Å². The van der Waals surface area contributed by atoms with E-state index in [4.69, 9.17) is 0 Å². The van der Waals surface area contributed by atoms with Crippen LogP contribution in [0.15, 0.2) is 20.7 Å². The van der Waals surface area contributed by atoms with Crippen molar-refractivity contribution in [2.24, 2.45) is 0 Å². The third-order valence-corrected chi connectivity index (χ3v) is 4.69. The van der Waals surface area contributed by atoms with Gasteiger partial charge in [-0.05, 0) is 47.7 Å². The summed E-state index contributed by atoms with van der Waals surface area (Å²) in [6.45, 7) is 0. The van der Waals surface area contributed by atoms with Crippen LogP contribution in [0.4, 0.5) is 0 Å². The van der Waals surface area contributed by atoms with Gasteiger partial charge < -0.3 is 4.98 Å². The summed E-state index contributed by atoms with van der Waals surface area (Å²) in [6.07, 6.45) is 4.03. The Hall–Kier alpha value is -0.940. The smallest absolute Gasteiger partial charge is 0.254 e. The molecule has 2 heterocycles. The van der Waals surface area contributed by atoms with Crippen LogP contribution in [0.25, 0.3) is 10.7 Å². The van der Waals surface area contributed by atoms with Crippen LogP contribution in [0.5, 0.6) is 0 Å². The number of fused-ring (bicyclic) bond motifs is 1. The molecule has 0 saturated carbocycles. The maximum absolute atomic E-state index is 12.0. The molecule has 5 heteroatoms. The minimum absolute atomic E-state index is 0.0363. The second-order valence-electron chi connectivity index (χ2n) is 4.18. The number of hydrogen-bond donors (Lipinski definition) is 1. The third-order valence-electron chi connectivity index (χ3n) is 2.99. The van der Waals surface area contributed by atoms with Gasteiger partial charge >= 0.3 is 0 Å². The molecule has 0 aliphatic heterocycles. The van der Waals surface area contributed by atoms with Crippen LogP contribution in [0.1, 0.15) is 24.1 Å². The average Bonchev–Trinajstić information content (AvgIpc) is 2.76. The lowest BCUT2D eigenvalue weighted by atomic mass is 9.97. The molecular weight excluding hydrogens is 300 g/mol. The van der Waals surface area contributed by atoms with Crippen molar-refractivity contribution in [1.29, 1.82) is 0 Å². The molecule has 3 nitrogen and oxygen atoms in total. The number of aromatic amines is 1. The molecule has 0 saturated heterocycles. The van der Waals surface area contributed by atoms with Crippen molar-refractivity contribution in [3.05, 3.63) is 37.5 Å². The van der Waals surface area contributed by atoms with E-state index in [-0.39, 0.29) is 5.56 Å². The van der Waals surface area contributed by atoms with Crippen molar-refractivity contribution < 1.29 is 0 Å². The highest BCUT2D eigenvalue weighted by Gasteiger charge is 2.16. The molecule has 0 spiro atoms. The molecule has 0 aromatic carbocycles. The predicted molar refractivity (Wildman–Crippen MR) is 72.5 cm³/mol. The van der Waals surface area contributed by atoms with Gasteiger partial charge in [-0.3, -0.25) is 4.79 Å². The molecule has 3 rings (SSSR count). The van der Waals surface area contributed by atoms with Crippen molar-refractivity contribution in [1.82, 2.24) is 9.97 Å². The van der Waals surface area contributed by atoms with Gasteiger partial charge in [0.05, 0.1) is 10.6 Å². The van der Waals surface area contributed by atoms with Gasteiger partial charge in [-0.2, -0.15) is 0 Å². The molecule has 0 atom stereocenters. The highest BCUT2D eigenvalue weighted by molar-refractivity contribution is 9.10. The van der Waals surface area contributed by atoms with E-state index in [1.54, 1.807) is 11.3 Å². The first-order valence-electron chi connectivity index (χ1n) is 5.60. The lowest BCUT2D eigenvalue weighted by Crippen LogP contribution is -2.21. The monoisotopic (exact) mass is 310 g/mol. The van der Waals surface area contributed by atoms with Crippen LogP contribution in [-0.4, -0.2) is 9.97 Å². The number of hydrogen-bond acceptors (Lipinski definition) is 3. The Morgan fingerprint density at radius 2 is 2.18 bits per heavy atom. The zero-order valence-corrected chi connectivity index (χ0v) is 11.5. The zero-order valence-electron chi connectivity index (χ0n) is 9.12. The molecule has 0 amide bonds. The second kappa shape index (κ2) is 4.38. The zero-order chi connectivity index (χ0) is 11.8. The lowest BCUT2D eigenvalue weighted by molar-refractivity contribution is 0.658. The number of nitrogens with one attached hydrogen (secondary N) is 1. The maximum atomic E-state index is 12.0. The molecule has 2 aromatic rings. The van der Waals surface area contributed by atoms with Crippen LogP contribution >= 0.6 is 27.3 Å². The molecule has 0 bridgehead atoms. The fourth-order valence-corrected chi connectivity index (χ4v) is 3.53. The normalized spacial score (nSPS) is 14.6. The van der Waals surface area contributed by atoms with E-state index < -0.39 is 0 Å². The highest BCUT2D eigenvalue weighted by Crippen LogP contribution is 2.28. The van der Waals surface area contributed by atoms with Crippen LogP contribution in [-0.2, 0) is 12.8 Å². The van der Waals surface area contributed by atoms with Crippen molar-refractivity contribution in [3.8, 4) is 10.7 Å². The average molecular weight is 311 g/mol. The fourth-order valence-electron chi connectivity index (χ4n) is 2.16. The number of H-pyrrole nitrogens is 1. The molecule has 1 N–H and O–H groups in total. The van der Waals surface area contributed by atoms with Gasteiger partial charge in [0.2, 0.25) is 0 Å². The van der Waals surface area contributed by atoms with Crippen LogP contribution in [0.2, 0.25) is 0 Å². The minimum Gasteiger partial charge on any atom is -0.306 e. The molecule has 88 valence electrons. The van der Waals surface area contributed by atoms with Gasteiger partial charge in [-0.1, -0.05) is 0 Å². The van der Waals surface area contributed by atoms with Crippen LogP contribution in [0, 0.1) is 0 Å². The topological polar surface area (TPSA) is 45.8 Å². The van der Waals surface area contributed by atoms with E-state index in [1.807, 2.05) is 11.4 Å². The molecule has 0 fully saturated rings. The second-order valence-corrected chi connectivity index (χ2v) is 6.00. The Kier molecular flexibility index (Phi) is 2.88. The molecule has 0 unspecified atom stereocenters. The number of rotatable bonds is 1. The summed E-state index contributed by atoms with van der Waals surface area (Å²) >= 11 is 5.00. The lowest BCUT2D eigenvalue weighted by Gasteiger charge is -2.13. The first-order chi connectivity index (χ1) is 8.24. The summed E-state index contributed by atoms with van der Waals surface area (Å²) in [7, 11) is 0. The fraction of sp³-hybridized carbons (Fsp3) is 0.333. The summed E-state index contributed by atoms with van der Waals surface area (Å²) in [5.74, 6) is 0.700. The van der Waals surface area contributed by atoms with E-state index >= 15 is 0 Å². The largest absolute Gasteiger partial charge is 0.306 e. The van der Waals surface area contributed by atoms with Gasteiger partial charge in [-0.15, -0.1) is 11.3 Å². The molecule has 17 heavy (non-hydrogen) atoms. The molecular formula is C12H11BrN2OS. The maximum Gasteiger partial charge on any atom is 0.254 e. The van der Waals surface area contributed by atoms with Gasteiger partial charge in [0.25, 0.3) is 5.56 Å². The summed E-state index contributed by atoms with van der Waals surface area (Å²) in [5, 5.41) is 1.99. The van der Waals surface area contributed by atoms with E-state index in [2.05, 4.69) is 25.9 Å². The van der Waals surface area contributed by atoms with Crippen molar-refractivity contribution in [2.45, 2.75) is 25.7 Å². The number of aromatic nitrogens is 2. The highest BCUT2D eigenvalue weighted by atomic mass is 79.9. The standard InChI is InChI=1S/C12H11BrN2OS/c13-7-5-10(17-6-7)11-14-9-4-2-1-3-8(9)12(16)15-11/h5-6H,1-4H2,(H,14,15,16). The predicted octanol–water partition coefficient (Wildman–Crippen LogP) is 3.14. The minimum atomic E-state index is 0.0363. The number of halogens is 1. The number of aryl methyl sites for hydroxylation is 1. The molecule has 0 radical (unpaired) electrons. The molecule has 2 aromatic heterocycles. The number of nitrogens with zero attached hydrogens (tertiary/aromatic N) is 1. The van der Waals surface area contributed by atoms with Gasteiger partial charge in [0.1, 0.15) is 0 Å². The van der Waals surface area contributed by atoms with Crippen molar-refractivity contribution in [2.75, 3.05) is 0 Å². The molecule has 1 aliphatic carbocycles. The Labute approximate surface area is 111 Å². The van der Waals surface area contributed by atoms with Crippen molar-refractivity contribution in [3.63, 3.8) is 0 Å². The Balaban J connectivity index is 2.13. The van der Waals surface area contributed by atoms with Crippen molar-refractivity contribution >= 4 is 27.3 Å². The summed E-state index contributed by atoms with van der Waals surface area (Å²) in [5.41, 5.74) is 1.91. The third kappa shape index (κ3) is 2.09. The molecule has 1 aliphatic rings. The van der Waals surface area contributed by atoms with E-state index in [0.717, 1.165) is 46.3 Å². The first-order valence-corrected chi connectivity index (χ1v) is 7.28. The van der Waals surface area contributed by atoms with Gasteiger partial charge in [0.15, 0.2) is 5.82 Å². The number of thiophene rings is 1. The van der Waals surface area contributed by atoms with Gasteiger partial charge in [-0.25, -0.2) is 4.98 Å². The summed E-state index contributed by atoms with van der Waals surface area (Å²) in [6, 6.07) is 1.98. The van der Waals surface area contributed by atoms with E-state index in [0.29, 0.717) is 5.82 Å². The van der Waals surface area contributed by atoms with E-state index in [9.17, 15) is 4.79 Å². The Morgan fingerprint density at radius 3 is 2.94 bits per heavy atom. The first kappa shape index (κ1) is 11.2.